The molecule has 2 atom stereocenters. The molecule has 0 spiro atoms. The monoisotopic (exact) mass is 383 g/mol. The van der Waals surface area contributed by atoms with Gasteiger partial charge in [-0.05, 0) is 49.4 Å². The van der Waals surface area contributed by atoms with Crippen LogP contribution >= 0.6 is 11.8 Å². The van der Waals surface area contributed by atoms with Crippen LogP contribution in [0.15, 0.2) is 52.2 Å². The Kier molecular flexibility index (Phi) is 4.89. The fourth-order valence-corrected chi connectivity index (χ4v) is 4.12. The van der Waals surface area contributed by atoms with E-state index in [1.165, 1.54) is 27.6 Å². The molecule has 2 aromatic heterocycles. The Morgan fingerprint density at radius 2 is 2.19 bits per heavy atom. The zero-order chi connectivity index (χ0) is 18.8. The van der Waals surface area contributed by atoms with E-state index in [1.54, 1.807) is 18.4 Å². The van der Waals surface area contributed by atoms with E-state index in [2.05, 4.69) is 27.6 Å². The summed E-state index contributed by atoms with van der Waals surface area (Å²) < 4.78 is 6.66. The van der Waals surface area contributed by atoms with Gasteiger partial charge < -0.3 is 15.6 Å². The number of furan rings is 1. The molecule has 0 unspecified atom stereocenters. The van der Waals surface area contributed by atoms with Crippen LogP contribution in [0, 0.1) is 0 Å². The number of carbonyl (C=O) groups is 1. The fraction of sp³-hybridized carbons (Fsp3) is 0.316. The molecule has 3 N–H and O–H groups in total. The molecule has 140 valence electrons. The highest BCUT2D eigenvalue weighted by atomic mass is 32.2. The standard InChI is InChI=1S/C19H21N5O2S/c1-12(27-19-23-22-17(24(19)20)16-10-5-11-26-16)18(25)21-15-9-4-7-13-6-2-3-8-14(13)15/h2-3,5-6,8,10-12,15H,4,7,9,20H2,1H3,(H,21,25)/t12-,15-/m0/s1. The van der Waals surface area contributed by atoms with Gasteiger partial charge in [-0.25, -0.2) is 4.68 Å². The summed E-state index contributed by atoms with van der Waals surface area (Å²) in [7, 11) is 0. The van der Waals surface area contributed by atoms with Crippen molar-refractivity contribution in [2.45, 2.75) is 42.6 Å². The number of nitrogen functional groups attached to an aromatic ring is 1. The summed E-state index contributed by atoms with van der Waals surface area (Å²) in [5, 5.41) is 11.4. The lowest BCUT2D eigenvalue weighted by molar-refractivity contribution is -0.121. The number of thioether (sulfide) groups is 1. The largest absolute Gasteiger partial charge is 0.461 e. The van der Waals surface area contributed by atoms with Gasteiger partial charge in [0.25, 0.3) is 0 Å². The molecule has 1 amide bonds. The van der Waals surface area contributed by atoms with Crippen LogP contribution in [0.1, 0.15) is 36.9 Å². The number of nitrogens with two attached hydrogens (primary N) is 1. The highest BCUT2D eigenvalue weighted by Crippen LogP contribution is 2.30. The molecule has 0 radical (unpaired) electrons. The SMILES string of the molecule is C[C@H](Sc1nnc(-c2ccco2)n1N)C(=O)N[C@H]1CCCc2ccccc21. The smallest absolute Gasteiger partial charge is 0.233 e. The maximum Gasteiger partial charge on any atom is 0.233 e. The van der Waals surface area contributed by atoms with Gasteiger partial charge in [0.05, 0.1) is 17.6 Å². The molecule has 1 aromatic carbocycles. The molecule has 1 aliphatic carbocycles. The predicted molar refractivity (Wildman–Crippen MR) is 103 cm³/mol. The minimum Gasteiger partial charge on any atom is -0.461 e. The van der Waals surface area contributed by atoms with E-state index < -0.39 is 0 Å². The van der Waals surface area contributed by atoms with Gasteiger partial charge in [-0.1, -0.05) is 36.0 Å². The number of aromatic nitrogens is 3. The normalized spacial score (nSPS) is 17.3. The fourth-order valence-electron chi connectivity index (χ4n) is 3.34. The predicted octanol–water partition coefficient (Wildman–Crippen LogP) is 2.93. The van der Waals surface area contributed by atoms with Gasteiger partial charge in [-0.2, -0.15) is 0 Å². The summed E-state index contributed by atoms with van der Waals surface area (Å²) in [5.74, 6) is 6.99. The molecule has 0 saturated heterocycles. The van der Waals surface area contributed by atoms with Gasteiger partial charge in [-0.3, -0.25) is 4.79 Å². The van der Waals surface area contributed by atoms with Crippen LogP contribution in [0.25, 0.3) is 11.6 Å². The summed E-state index contributed by atoms with van der Waals surface area (Å²) >= 11 is 1.28. The van der Waals surface area contributed by atoms with E-state index in [0.29, 0.717) is 16.7 Å². The number of hydrogen-bond acceptors (Lipinski definition) is 6. The number of amides is 1. The molecule has 27 heavy (non-hydrogen) atoms. The van der Waals surface area contributed by atoms with E-state index in [1.807, 2.05) is 19.1 Å². The van der Waals surface area contributed by atoms with Crippen molar-refractivity contribution >= 4 is 17.7 Å². The van der Waals surface area contributed by atoms with Crippen LogP contribution in [0.2, 0.25) is 0 Å². The molecule has 0 bridgehead atoms. The lowest BCUT2D eigenvalue weighted by Gasteiger charge is -2.27. The van der Waals surface area contributed by atoms with Crippen LogP contribution in [-0.4, -0.2) is 26.0 Å². The Morgan fingerprint density at radius 3 is 3.00 bits per heavy atom. The van der Waals surface area contributed by atoms with Gasteiger partial charge in [0.15, 0.2) is 5.76 Å². The Morgan fingerprint density at radius 1 is 1.33 bits per heavy atom. The first-order valence-electron chi connectivity index (χ1n) is 8.92. The van der Waals surface area contributed by atoms with Crippen molar-refractivity contribution in [3.8, 4) is 11.6 Å². The second kappa shape index (κ2) is 7.48. The third kappa shape index (κ3) is 3.57. The van der Waals surface area contributed by atoms with E-state index in [4.69, 9.17) is 10.3 Å². The number of rotatable bonds is 5. The number of benzene rings is 1. The van der Waals surface area contributed by atoms with Crippen molar-refractivity contribution < 1.29 is 9.21 Å². The maximum absolute atomic E-state index is 12.7. The lowest BCUT2D eigenvalue weighted by atomic mass is 9.88. The Bertz CT molecular complexity index is 937. The molecular formula is C19H21N5O2S. The van der Waals surface area contributed by atoms with E-state index in [0.717, 1.165) is 19.3 Å². The van der Waals surface area contributed by atoms with Crippen molar-refractivity contribution in [1.29, 1.82) is 0 Å². The molecule has 0 saturated carbocycles. The number of fused-ring (bicyclic) bond motifs is 1. The van der Waals surface area contributed by atoms with Crippen molar-refractivity contribution in [3.63, 3.8) is 0 Å². The maximum atomic E-state index is 12.7. The molecule has 3 aromatic rings. The van der Waals surface area contributed by atoms with Crippen molar-refractivity contribution in [1.82, 2.24) is 20.2 Å². The molecular weight excluding hydrogens is 362 g/mol. The molecule has 7 nitrogen and oxygen atoms in total. The topological polar surface area (TPSA) is 99.0 Å². The van der Waals surface area contributed by atoms with Crippen LogP contribution in [0.4, 0.5) is 0 Å². The number of aryl methyl sites for hydroxylation is 1. The van der Waals surface area contributed by atoms with Crippen molar-refractivity contribution in [2.24, 2.45) is 0 Å². The summed E-state index contributed by atoms with van der Waals surface area (Å²) in [6.45, 7) is 1.84. The molecule has 0 aliphatic heterocycles. The first kappa shape index (κ1) is 17.7. The van der Waals surface area contributed by atoms with E-state index in [-0.39, 0.29) is 17.2 Å². The highest BCUT2D eigenvalue weighted by Gasteiger charge is 2.25. The van der Waals surface area contributed by atoms with Gasteiger partial charge >= 0.3 is 0 Å². The number of carbonyl (C=O) groups excluding carboxylic acids is 1. The third-order valence-corrected chi connectivity index (χ3v) is 5.80. The summed E-state index contributed by atoms with van der Waals surface area (Å²) in [5.41, 5.74) is 2.54. The van der Waals surface area contributed by atoms with Gasteiger partial charge in [0, 0.05) is 0 Å². The minimum atomic E-state index is -0.352. The Labute approximate surface area is 161 Å². The minimum absolute atomic E-state index is 0.0377. The molecule has 4 rings (SSSR count). The average molecular weight is 383 g/mol. The van der Waals surface area contributed by atoms with E-state index in [9.17, 15) is 4.79 Å². The second-order valence-electron chi connectivity index (χ2n) is 6.57. The summed E-state index contributed by atoms with van der Waals surface area (Å²) in [6.07, 6.45) is 4.65. The van der Waals surface area contributed by atoms with Crippen molar-refractivity contribution in [3.05, 3.63) is 53.8 Å². The zero-order valence-corrected chi connectivity index (χ0v) is 15.8. The second-order valence-corrected chi connectivity index (χ2v) is 7.87. The molecule has 8 heteroatoms. The van der Waals surface area contributed by atoms with Crippen LogP contribution < -0.4 is 11.2 Å². The van der Waals surface area contributed by atoms with Crippen LogP contribution in [0.5, 0.6) is 0 Å². The number of hydrogen-bond donors (Lipinski definition) is 2. The average Bonchev–Trinajstić information content (AvgIpc) is 3.32. The molecule has 2 heterocycles. The number of nitrogens with zero attached hydrogens (tertiary/aromatic N) is 3. The first-order chi connectivity index (χ1) is 13.1. The zero-order valence-electron chi connectivity index (χ0n) is 15.0. The first-order valence-corrected chi connectivity index (χ1v) is 9.80. The summed E-state index contributed by atoms with van der Waals surface area (Å²) in [6, 6.07) is 11.9. The quantitative estimate of drug-likeness (QED) is 0.519. The van der Waals surface area contributed by atoms with Gasteiger partial charge in [0.1, 0.15) is 0 Å². The van der Waals surface area contributed by atoms with Gasteiger partial charge in [0.2, 0.25) is 16.9 Å². The highest BCUT2D eigenvalue weighted by molar-refractivity contribution is 8.00. The van der Waals surface area contributed by atoms with Crippen LogP contribution in [0.3, 0.4) is 0 Å². The van der Waals surface area contributed by atoms with Crippen LogP contribution in [-0.2, 0) is 11.2 Å². The third-order valence-electron chi connectivity index (χ3n) is 4.74. The van der Waals surface area contributed by atoms with Crippen molar-refractivity contribution in [2.75, 3.05) is 5.84 Å². The molecule has 0 fully saturated rings. The Balaban J connectivity index is 1.44. The summed E-state index contributed by atoms with van der Waals surface area (Å²) in [4.78, 5) is 12.7. The molecule has 1 aliphatic rings. The van der Waals surface area contributed by atoms with E-state index >= 15 is 0 Å². The Hall–Kier alpha value is -2.74. The number of nitrogens with one attached hydrogen (secondary N) is 1. The lowest BCUT2D eigenvalue weighted by Crippen LogP contribution is -2.36. The van der Waals surface area contributed by atoms with Gasteiger partial charge in [-0.15, -0.1) is 10.2 Å².